The Morgan fingerprint density at radius 2 is 1.94 bits per heavy atom. The van der Waals surface area contributed by atoms with Crippen molar-refractivity contribution in [2.45, 2.75) is 0 Å². The van der Waals surface area contributed by atoms with Crippen LogP contribution >= 0.6 is 11.6 Å². The van der Waals surface area contributed by atoms with Gasteiger partial charge in [-0.15, -0.1) is 0 Å². The number of nitrogens with two attached hydrogens (primary N) is 1. The van der Waals surface area contributed by atoms with Gasteiger partial charge in [-0.3, -0.25) is 4.98 Å². The third kappa shape index (κ3) is 1.87. The molecule has 2 heterocycles. The molecule has 0 atom stereocenters. The molecule has 18 heavy (non-hydrogen) atoms. The first-order chi connectivity index (χ1) is 8.74. The van der Waals surface area contributed by atoms with Gasteiger partial charge in [-0.05, 0) is 12.1 Å². The summed E-state index contributed by atoms with van der Waals surface area (Å²) in [5.41, 5.74) is 8.17. The highest BCUT2D eigenvalue weighted by Gasteiger charge is 2.07. The molecule has 3 rings (SSSR count). The van der Waals surface area contributed by atoms with E-state index in [0.717, 1.165) is 16.5 Å². The topological polar surface area (TPSA) is 64.7 Å². The Kier molecular flexibility index (Phi) is 2.57. The van der Waals surface area contributed by atoms with Crippen LogP contribution in [-0.4, -0.2) is 15.0 Å². The average molecular weight is 257 g/mol. The van der Waals surface area contributed by atoms with Gasteiger partial charge in [0.15, 0.2) is 0 Å². The van der Waals surface area contributed by atoms with Crippen molar-refractivity contribution >= 4 is 28.5 Å². The van der Waals surface area contributed by atoms with Crippen molar-refractivity contribution < 1.29 is 0 Å². The summed E-state index contributed by atoms with van der Waals surface area (Å²) in [5.74, 6) is 0.165. The minimum atomic E-state index is 0.165. The third-order valence-electron chi connectivity index (χ3n) is 2.63. The van der Waals surface area contributed by atoms with Crippen molar-refractivity contribution in [3.8, 4) is 11.3 Å². The molecule has 3 aromatic rings. The lowest BCUT2D eigenvalue weighted by Crippen LogP contribution is -1.97. The van der Waals surface area contributed by atoms with Gasteiger partial charge < -0.3 is 5.73 Å². The number of nitrogens with zero attached hydrogens (tertiary/aromatic N) is 3. The van der Waals surface area contributed by atoms with Gasteiger partial charge in [-0.25, -0.2) is 9.97 Å². The molecule has 0 amide bonds. The maximum atomic E-state index is 5.90. The highest BCUT2D eigenvalue weighted by molar-refractivity contribution is 6.29. The largest absolute Gasteiger partial charge is 0.368 e. The zero-order chi connectivity index (χ0) is 12.5. The van der Waals surface area contributed by atoms with Gasteiger partial charge in [0, 0.05) is 23.2 Å². The van der Waals surface area contributed by atoms with Gasteiger partial charge in [-0.1, -0.05) is 29.8 Å². The van der Waals surface area contributed by atoms with E-state index < -0.39 is 0 Å². The minimum absolute atomic E-state index is 0.165. The first-order valence-electron chi connectivity index (χ1n) is 5.38. The van der Waals surface area contributed by atoms with Crippen LogP contribution < -0.4 is 5.73 Å². The molecular formula is C13H9ClN4. The number of anilines is 1. The Hall–Kier alpha value is -2.20. The predicted molar refractivity (Wildman–Crippen MR) is 72.2 cm³/mol. The fraction of sp³-hybridized carbons (Fsp3) is 0. The minimum Gasteiger partial charge on any atom is -0.368 e. The van der Waals surface area contributed by atoms with Crippen molar-refractivity contribution in [3.05, 3.63) is 47.7 Å². The number of halogens is 1. The maximum Gasteiger partial charge on any atom is 0.221 e. The monoisotopic (exact) mass is 256 g/mol. The standard InChI is InChI=1S/C13H9ClN4/c14-12-7-11(17-13(15)18-12)9-3-1-5-10-8(9)4-2-6-16-10/h1-7H,(H2,15,17,18). The molecule has 0 radical (unpaired) electrons. The van der Waals surface area contributed by atoms with E-state index >= 15 is 0 Å². The van der Waals surface area contributed by atoms with E-state index in [4.69, 9.17) is 17.3 Å². The SMILES string of the molecule is Nc1nc(Cl)cc(-c2cccc3ncccc23)n1. The lowest BCUT2D eigenvalue weighted by Gasteiger charge is -2.06. The van der Waals surface area contributed by atoms with Crippen LogP contribution in [0.25, 0.3) is 22.2 Å². The Balaban J connectivity index is 2.31. The Morgan fingerprint density at radius 3 is 2.78 bits per heavy atom. The van der Waals surface area contributed by atoms with Gasteiger partial charge in [0.2, 0.25) is 5.95 Å². The van der Waals surface area contributed by atoms with E-state index in [1.807, 2.05) is 30.3 Å². The number of nitrogen functional groups attached to an aromatic ring is 1. The highest BCUT2D eigenvalue weighted by atomic mass is 35.5. The summed E-state index contributed by atoms with van der Waals surface area (Å²) in [7, 11) is 0. The fourth-order valence-corrected chi connectivity index (χ4v) is 2.09. The van der Waals surface area contributed by atoms with Crippen molar-refractivity contribution in [3.63, 3.8) is 0 Å². The summed E-state index contributed by atoms with van der Waals surface area (Å²) in [6.07, 6.45) is 1.76. The van der Waals surface area contributed by atoms with Gasteiger partial charge in [0.25, 0.3) is 0 Å². The molecule has 5 heteroatoms. The summed E-state index contributed by atoms with van der Waals surface area (Å²) in [6, 6.07) is 11.4. The Bertz CT molecular complexity index is 702. The van der Waals surface area contributed by atoms with Gasteiger partial charge >= 0.3 is 0 Å². The average Bonchev–Trinajstić information content (AvgIpc) is 2.37. The number of rotatable bonds is 1. The molecule has 0 aliphatic rings. The molecule has 0 aliphatic heterocycles. The molecule has 2 aromatic heterocycles. The molecule has 0 unspecified atom stereocenters. The zero-order valence-electron chi connectivity index (χ0n) is 9.34. The predicted octanol–water partition coefficient (Wildman–Crippen LogP) is 2.93. The molecule has 0 bridgehead atoms. The molecule has 4 nitrogen and oxygen atoms in total. The van der Waals surface area contributed by atoms with Crippen molar-refractivity contribution in [1.29, 1.82) is 0 Å². The van der Waals surface area contributed by atoms with Crippen molar-refractivity contribution in [2.75, 3.05) is 5.73 Å². The first kappa shape index (κ1) is 10.9. The molecule has 0 aliphatic carbocycles. The van der Waals surface area contributed by atoms with Crippen LogP contribution in [0.4, 0.5) is 5.95 Å². The number of benzene rings is 1. The lowest BCUT2D eigenvalue weighted by molar-refractivity contribution is 1.19. The van der Waals surface area contributed by atoms with Crippen LogP contribution in [0.15, 0.2) is 42.6 Å². The first-order valence-corrected chi connectivity index (χ1v) is 5.76. The summed E-state index contributed by atoms with van der Waals surface area (Å²) in [6.45, 7) is 0. The van der Waals surface area contributed by atoms with Crippen LogP contribution in [0.3, 0.4) is 0 Å². The maximum absolute atomic E-state index is 5.90. The third-order valence-corrected chi connectivity index (χ3v) is 2.83. The smallest absolute Gasteiger partial charge is 0.221 e. The Labute approximate surface area is 108 Å². The molecule has 0 spiro atoms. The molecule has 0 fully saturated rings. The highest BCUT2D eigenvalue weighted by Crippen LogP contribution is 2.27. The quantitative estimate of drug-likeness (QED) is 0.680. The van der Waals surface area contributed by atoms with Gasteiger partial charge in [0.05, 0.1) is 11.2 Å². The molecule has 1 aromatic carbocycles. The van der Waals surface area contributed by atoms with Crippen LogP contribution in [0.5, 0.6) is 0 Å². The van der Waals surface area contributed by atoms with E-state index in [1.54, 1.807) is 12.3 Å². The van der Waals surface area contributed by atoms with Crippen LogP contribution in [0.2, 0.25) is 5.15 Å². The van der Waals surface area contributed by atoms with Crippen LogP contribution in [0.1, 0.15) is 0 Å². The second-order valence-electron chi connectivity index (χ2n) is 3.81. The van der Waals surface area contributed by atoms with E-state index in [0.29, 0.717) is 10.8 Å². The molecule has 0 saturated heterocycles. The van der Waals surface area contributed by atoms with Crippen molar-refractivity contribution in [1.82, 2.24) is 15.0 Å². The summed E-state index contributed by atoms with van der Waals surface area (Å²) in [5, 5.41) is 1.34. The number of aromatic nitrogens is 3. The zero-order valence-corrected chi connectivity index (χ0v) is 10.1. The van der Waals surface area contributed by atoms with Gasteiger partial charge in [-0.2, -0.15) is 0 Å². The van der Waals surface area contributed by atoms with E-state index in [1.165, 1.54) is 0 Å². The number of hydrogen-bond donors (Lipinski definition) is 1. The van der Waals surface area contributed by atoms with Crippen LogP contribution in [-0.2, 0) is 0 Å². The molecule has 88 valence electrons. The number of hydrogen-bond acceptors (Lipinski definition) is 4. The fourth-order valence-electron chi connectivity index (χ4n) is 1.90. The van der Waals surface area contributed by atoms with E-state index in [9.17, 15) is 0 Å². The van der Waals surface area contributed by atoms with Crippen molar-refractivity contribution in [2.24, 2.45) is 0 Å². The van der Waals surface area contributed by atoms with Crippen LogP contribution in [0, 0.1) is 0 Å². The second-order valence-corrected chi connectivity index (χ2v) is 4.20. The summed E-state index contributed by atoms with van der Waals surface area (Å²) in [4.78, 5) is 12.4. The normalized spacial score (nSPS) is 10.7. The summed E-state index contributed by atoms with van der Waals surface area (Å²) >= 11 is 5.90. The number of pyridine rings is 1. The Morgan fingerprint density at radius 1 is 1.06 bits per heavy atom. The molecule has 2 N–H and O–H groups in total. The molecule has 0 saturated carbocycles. The van der Waals surface area contributed by atoms with E-state index in [-0.39, 0.29) is 5.95 Å². The second kappa shape index (κ2) is 4.23. The van der Waals surface area contributed by atoms with E-state index in [2.05, 4.69) is 15.0 Å². The molecular weight excluding hydrogens is 248 g/mol. The lowest BCUT2D eigenvalue weighted by atomic mass is 10.1. The van der Waals surface area contributed by atoms with Gasteiger partial charge in [0.1, 0.15) is 5.15 Å². The summed E-state index contributed by atoms with van der Waals surface area (Å²) < 4.78 is 0. The number of fused-ring (bicyclic) bond motifs is 1.